The molecule has 1 saturated heterocycles. The fourth-order valence-corrected chi connectivity index (χ4v) is 2.34. The molecule has 2 heterocycles. The van der Waals surface area contributed by atoms with Gasteiger partial charge in [0, 0.05) is 12.6 Å². The van der Waals surface area contributed by atoms with Gasteiger partial charge in [-0.1, -0.05) is 0 Å². The Labute approximate surface area is 103 Å². The molecule has 3 N–H and O–H groups in total. The summed E-state index contributed by atoms with van der Waals surface area (Å²) in [5, 5.41) is 3.41. The summed E-state index contributed by atoms with van der Waals surface area (Å²) in [7, 11) is 0. The Kier molecular flexibility index (Phi) is 3.84. The van der Waals surface area contributed by atoms with Gasteiger partial charge in [0.05, 0.1) is 11.9 Å². The van der Waals surface area contributed by atoms with Crippen LogP contribution in [0.3, 0.4) is 0 Å². The van der Waals surface area contributed by atoms with Crippen LogP contribution in [0.2, 0.25) is 0 Å². The average molecular weight is 234 g/mol. The van der Waals surface area contributed by atoms with Gasteiger partial charge in [-0.3, -0.25) is 4.90 Å². The van der Waals surface area contributed by atoms with Crippen molar-refractivity contribution < 1.29 is 0 Å². The summed E-state index contributed by atoms with van der Waals surface area (Å²) in [4.78, 5) is 6.85. The monoisotopic (exact) mass is 234 g/mol. The number of nitrogens with two attached hydrogens (primary N) is 1. The zero-order valence-corrected chi connectivity index (χ0v) is 10.7. The first-order valence-corrected chi connectivity index (χ1v) is 6.37. The molecule has 4 heteroatoms. The Morgan fingerprint density at radius 2 is 2.18 bits per heavy atom. The lowest BCUT2D eigenvalue weighted by molar-refractivity contribution is 0.269. The van der Waals surface area contributed by atoms with Crippen LogP contribution in [0.15, 0.2) is 12.3 Å². The van der Waals surface area contributed by atoms with Crippen molar-refractivity contribution in [3.05, 3.63) is 17.8 Å². The number of likely N-dealkylation sites (tertiary alicyclic amines) is 1. The molecule has 1 aliphatic heterocycles. The van der Waals surface area contributed by atoms with Crippen molar-refractivity contribution in [1.82, 2.24) is 9.88 Å². The molecule has 0 radical (unpaired) electrons. The lowest BCUT2D eigenvalue weighted by atomic mass is 10.2. The van der Waals surface area contributed by atoms with Gasteiger partial charge in [-0.2, -0.15) is 0 Å². The molecular weight excluding hydrogens is 212 g/mol. The van der Waals surface area contributed by atoms with Crippen molar-refractivity contribution in [1.29, 1.82) is 0 Å². The number of nitrogens with one attached hydrogen (secondary N) is 1. The van der Waals surface area contributed by atoms with Crippen LogP contribution >= 0.6 is 0 Å². The van der Waals surface area contributed by atoms with E-state index in [2.05, 4.69) is 22.1 Å². The van der Waals surface area contributed by atoms with Crippen LogP contribution in [0.1, 0.15) is 25.3 Å². The van der Waals surface area contributed by atoms with E-state index < -0.39 is 0 Å². The van der Waals surface area contributed by atoms with E-state index in [0.717, 1.165) is 23.6 Å². The highest BCUT2D eigenvalue weighted by molar-refractivity contribution is 5.50. The molecule has 1 atom stereocenters. The van der Waals surface area contributed by atoms with Gasteiger partial charge in [0.25, 0.3) is 0 Å². The predicted molar refractivity (Wildman–Crippen MR) is 72.1 cm³/mol. The summed E-state index contributed by atoms with van der Waals surface area (Å²) < 4.78 is 0. The number of hydrogen-bond acceptors (Lipinski definition) is 4. The highest BCUT2D eigenvalue weighted by Gasteiger charge is 2.17. The van der Waals surface area contributed by atoms with E-state index >= 15 is 0 Å². The predicted octanol–water partition coefficient (Wildman–Crippen LogP) is 1.87. The number of rotatable bonds is 4. The van der Waals surface area contributed by atoms with Gasteiger partial charge in [0.15, 0.2) is 0 Å². The van der Waals surface area contributed by atoms with E-state index in [1.54, 1.807) is 6.20 Å². The molecule has 0 spiro atoms. The molecule has 1 unspecified atom stereocenters. The normalized spacial score (nSPS) is 18.2. The zero-order chi connectivity index (χ0) is 12.3. The first kappa shape index (κ1) is 12.2. The summed E-state index contributed by atoms with van der Waals surface area (Å²) >= 11 is 0. The molecule has 0 amide bonds. The van der Waals surface area contributed by atoms with E-state index in [1.807, 2.05) is 13.0 Å². The highest BCUT2D eigenvalue weighted by Crippen LogP contribution is 2.15. The topological polar surface area (TPSA) is 54.2 Å². The van der Waals surface area contributed by atoms with Crippen molar-refractivity contribution in [2.24, 2.45) is 0 Å². The van der Waals surface area contributed by atoms with E-state index in [-0.39, 0.29) is 0 Å². The van der Waals surface area contributed by atoms with Gasteiger partial charge in [-0.05, 0) is 51.4 Å². The third-order valence-electron chi connectivity index (χ3n) is 3.43. The SMILES string of the molecule is Cc1cc(N)cnc1NCC(C)N1CCCC1. The third kappa shape index (κ3) is 3.09. The molecule has 17 heavy (non-hydrogen) atoms. The van der Waals surface area contributed by atoms with Crippen LogP contribution in [0.5, 0.6) is 0 Å². The summed E-state index contributed by atoms with van der Waals surface area (Å²) in [5.41, 5.74) is 7.52. The van der Waals surface area contributed by atoms with Crippen LogP contribution in [0.25, 0.3) is 0 Å². The van der Waals surface area contributed by atoms with Crippen molar-refractivity contribution in [2.45, 2.75) is 32.7 Å². The maximum Gasteiger partial charge on any atom is 0.129 e. The molecule has 1 aliphatic rings. The van der Waals surface area contributed by atoms with E-state index in [9.17, 15) is 0 Å². The molecule has 0 aliphatic carbocycles. The number of aromatic nitrogens is 1. The van der Waals surface area contributed by atoms with Crippen molar-refractivity contribution in [2.75, 3.05) is 30.7 Å². The second kappa shape index (κ2) is 5.36. The van der Waals surface area contributed by atoms with Gasteiger partial charge >= 0.3 is 0 Å². The lowest BCUT2D eigenvalue weighted by Crippen LogP contribution is -2.35. The van der Waals surface area contributed by atoms with Gasteiger partial charge in [0.2, 0.25) is 0 Å². The van der Waals surface area contributed by atoms with Gasteiger partial charge < -0.3 is 11.1 Å². The number of nitrogen functional groups attached to an aromatic ring is 1. The number of aryl methyl sites for hydroxylation is 1. The molecule has 94 valence electrons. The molecular formula is C13H22N4. The highest BCUT2D eigenvalue weighted by atomic mass is 15.2. The Morgan fingerprint density at radius 3 is 2.82 bits per heavy atom. The van der Waals surface area contributed by atoms with Crippen LogP contribution in [0, 0.1) is 6.92 Å². The van der Waals surface area contributed by atoms with Crippen LogP contribution < -0.4 is 11.1 Å². The van der Waals surface area contributed by atoms with Crippen LogP contribution in [-0.2, 0) is 0 Å². The maximum absolute atomic E-state index is 5.68. The van der Waals surface area contributed by atoms with Crippen LogP contribution in [-0.4, -0.2) is 35.6 Å². The molecule has 4 nitrogen and oxygen atoms in total. The molecule has 1 aromatic rings. The van der Waals surface area contributed by atoms with Gasteiger partial charge in [0.1, 0.15) is 5.82 Å². The summed E-state index contributed by atoms with van der Waals surface area (Å²) in [6.07, 6.45) is 4.38. The Balaban J connectivity index is 1.88. The average Bonchev–Trinajstić information content (AvgIpc) is 2.81. The Hall–Kier alpha value is -1.29. The Morgan fingerprint density at radius 1 is 1.47 bits per heavy atom. The minimum Gasteiger partial charge on any atom is -0.397 e. The molecule has 2 rings (SSSR count). The standard InChI is InChI=1S/C13H22N4/c1-10-7-12(14)9-16-13(10)15-8-11(2)17-5-3-4-6-17/h7,9,11H,3-6,8,14H2,1-2H3,(H,15,16). The smallest absolute Gasteiger partial charge is 0.129 e. The molecule has 0 saturated carbocycles. The fraction of sp³-hybridized carbons (Fsp3) is 0.615. The van der Waals surface area contributed by atoms with Crippen LogP contribution in [0.4, 0.5) is 11.5 Å². The van der Waals surface area contributed by atoms with Crippen molar-refractivity contribution >= 4 is 11.5 Å². The first-order chi connectivity index (χ1) is 8.16. The maximum atomic E-state index is 5.68. The largest absolute Gasteiger partial charge is 0.397 e. The van der Waals surface area contributed by atoms with E-state index in [1.165, 1.54) is 25.9 Å². The molecule has 0 aromatic carbocycles. The molecule has 0 bridgehead atoms. The Bertz CT molecular complexity index is 372. The first-order valence-electron chi connectivity index (χ1n) is 6.37. The van der Waals surface area contributed by atoms with Gasteiger partial charge in [-0.25, -0.2) is 4.98 Å². The second-order valence-corrected chi connectivity index (χ2v) is 4.91. The molecule has 1 fully saturated rings. The number of pyridine rings is 1. The number of nitrogens with zero attached hydrogens (tertiary/aromatic N) is 2. The number of hydrogen-bond donors (Lipinski definition) is 2. The van der Waals surface area contributed by atoms with Crippen molar-refractivity contribution in [3.63, 3.8) is 0 Å². The summed E-state index contributed by atoms with van der Waals surface area (Å²) in [6, 6.07) is 2.52. The fourth-order valence-electron chi connectivity index (χ4n) is 2.34. The third-order valence-corrected chi connectivity index (χ3v) is 3.43. The minimum atomic E-state index is 0.566. The lowest BCUT2D eigenvalue weighted by Gasteiger charge is -2.24. The van der Waals surface area contributed by atoms with Crippen molar-refractivity contribution in [3.8, 4) is 0 Å². The zero-order valence-electron chi connectivity index (χ0n) is 10.7. The van der Waals surface area contributed by atoms with Gasteiger partial charge in [-0.15, -0.1) is 0 Å². The van der Waals surface area contributed by atoms with E-state index in [0.29, 0.717) is 6.04 Å². The summed E-state index contributed by atoms with van der Waals surface area (Å²) in [5.74, 6) is 0.949. The number of anilines is 2. The summed E-state index contributed by atoms with van der Waals surface area (Å²) in [6.45, 7) is 7.71. The second-order valence-electron chi connectivity index (χ2n) is 4.91. The minimum absolute atomic E-state index is 0.566. The van der Waals surface area contributed by atoms with E-state index in [4.69, 9.17) is 5.73 Å². The molecule has 1 aromatic heterocycles. The quantitative estimate of drug-likeness (QED) is 0.835.